The highest BCUT2D eigenvalue weighted by Crippen LogP contribution is 2.21. The second-order valence-electron chi connectivity index (χ2n) is 2.59. The summed E-state index contributed by atoms with van der Waals surface area (Å²) in [5.74, 6) is -0.397. The normalized spacial score (nSPS) is 10.2. The van der Waals surface area contributed by atoms with Gasteiger partial charge in [-0.15, -0.1) is 0 Å². The molecule has 0 unspecified atom stereocenters. The van der Waals surface area contributed by atoms with E-state index in [1.807, 2.05) is 0 Å². The molecule has 2 rings (SSSR count). The van der Waals surface area contributed by atoms with Gasteiger partial charge in [-0.05, 0) is 6.07 Å². The molecule has 2 aromatic rings. The molecule has 5 heteroatoms. The van der Waals surface area contributed by atoms with Crippen molar-refractivity contribution in [2.75, 3.05) is 5.73 Å². The number of H-pyrrole nitrogens is 1. The minimum atomic E-state index is -0.397. The molecule has 0 spiro atoms. The number of hydrogen-bond donors (Lipinski definition) is 2. The standard InChI is InChI=1S/C8H7FN4/c9-6-1-5(2-11-3-6)8-7(10)4-12-13-8/h1-4H,10H2,(H,12,13). The first kappa shape index (κ1) is 7.72. The highest BCUT2D eigenvalue weighted by atomic mass is 19.1. The van der Waals surface area contributed by atoms with Crippen LogP contribution in [0.5, 0.6) is 0 Å². The molecule has 4 nitrogen and oxygen atoms in total. The molecule has 0 atom stereocenters. The summed E-state index contributed by atoms with van der Waals surface area (Å²) >= 11 is 0. The third-order valence-electron chi connectivity index (χ3n) is 1.66. The van der Waals surface area contributed by atoms with Gasteiger partial charge in [0.15, 0.2) is 0 Å². The smallest absolute Gasteiger partial charge is 0.142 e. The van der Waals surface area contributed by atoms with Crippen LogP contribution in [-0.2, 0) is 0 Å². The van der Waals surface area contributed by atoms with E-state index in [9.17, 15) is 4.39 Å². The van der Waals surface area contributed by atoms with Gasteiger partial charge in [0.25, 0.3) is 0 Å². The van der Waals surface area contributed by atoms with Gasteiger partial charge in [-0.25, -0.2) is 4.39 Å². The van der Waals surface area contributed by atoms with E-state index in [4.69, 9.17) is 5.73 Å². The van der Waals surface area contributed by atoms with Crippen LogP contribution in [0.2, 0.25) is 0 Å². The molecule has 0 saturated heterocycles. The van der Waals surface area contributed by atoms with Crippen molar-refractivity contribution < 1.29 is 4.39 Å². The minimum absolute atomic E-state index is 0.397. The number of anilines is 1. The van der Waals surface area contributed by atoms with Gasteiger partial charge in [0.1, 0.15) is 5.82 Å². The predicted molar refractivity (Wildman–Crippen MR) is 46.2 cm³/mol. The Hall–Kier alpha value is -1.91. The van der Waals surface area contributed by atoms with Crippen molar-refractivity contribution in [3.8, 4) is 11.3 Å². The number of pyridine rings is 1. The lowest BCUT2D eigenvalue weighted by atomic mass is 10.2. The third kappa shape index (κ3) is 1.35. The lowest BCUT2D eigenvalue weighted by Crippen LogP contribution is -1.88. The van der Waals surface area contributed by atoms with Crippen LogP contribution in [0.15, 0.2) is 24.7 Å². The van der Waals surface area contributed by atoms with Gasteiger partial charge in [-0.1, -0.05) is 0 Å². The average Bonchev–Trinajstić information content (AvgIpc) is 2.51. The number of nitrogens with one attached hydrogen (secondary N) is 1. The molecule has 3 N–H and O–H groups in total. The molecule has 0 bridgehead atoms. The highest BCUT2D eigenvalue weighted by molar-refractivity contribution is 5.70. The molecule has 66 valence electrons. The molecule has 0 aliphatic carbocycles. The van der Waals surface area contributed by atoms with Gasteiger partial charge in [0.05, 0.1) is 23.8 Å². The highest BCUT2D eigenvalue weighted by Gasteiger charge is 2.05. The summed E-state index contributed by atoms with van der Waals surface area (Å²) in [6, 6.07) is 1.34. The summed E-state index contributed by atoms with van der Waals surface area (Å²) in [5, 5.41) is 6.39. The summed E-state index contributed by atoms with van der Waals surface area (Å²) in [6.45, 7) is 0. The van der Waals surface area contributed by atoms with Crippen molar-refractivity contribution in [2.24, 2.45) is 0 Å². The van der Waals surface area contributed by atoms with Crippen molar-refractivity contribution in [1.82, 2.24) is 15.2 Å². The lowest BCUT2D eigenvalue weighted by Gasteiger charge is -1.97. The van der Waals surface area contributed by atoms with E-state index >= 15 is 0 Å². The number of nitrogen functional groups attached to an aromatic ring is 1. The average molecular weight is 178 g/mol. The SMILES string of the molecule is Nc1cn[nH]c1-c1cncc(F)c1. The van der Waals surface area contributed by atoms with Gasteiger partial charge in [0, 0.05) is 11.8 Å². The van der Waals surface area contributed by atoms with Gasteiger partial charge in [0.2, 0.25) is 0 Å². The summed E-state index contributed by atoms with van der Waals surface area (Å²) in [4.78, 5) is 3.70. The maximum atomic E-state index is 12.8. The molecule has 0 fully saturated rings. The number of nitrogens with two attached hydrogens (primary N) is 1. The van der Waals surface area contributed by atoms with E-state index in [1.54, 1.807) is 0 Å². The van der Waals surface area contributed by atoms with Gasteiger partial charge in [-0.3, -0.25) is 10.1 Å². The zero-order valence-electron chi connectivity index (χ0n) is 6.66. The van der Waals surface area contributed by atoms with E-state index in [0.29, 0.717) is 16.9 Å². The van der Waals surface area contributed by atoms with Gasteiger partial charge < -0.3 is 5.73 Å². The van der Waals surface area contributed by atoms with E-state index in [2.05, 4.69) is 15.2 Å². The molecule has 0 saturated carbocycles. The Bertz CT molecular complexity index is 424. The zero-order chi connectivity index (χ0) is 9.26. The Morgan fingerprint density at radius 3 is 2.77 bits per heavy atom. The zero-order valence-corrected chi connectivity index (χ0v) is 6.66. The molecule has 0 radical (unpaired) electrons. The Morgan fingerprint density at radius 1 is 1.31 bits per heavy atom. The fraction of sp³-hybridized carbons (Fsp3) is 0. The minimum Gasteiger partial charge on any atom is -0.396 e. The van der Waals surface area contributed by atoms with Crippen molar-refractivity contribution in [1.29, 1.82) is 0 Å². The first-order valence-electron chi connectivity index (χ1n) is 3.67. The largest absolute Gasteiger partial charge is 0.396 e. The van der Waals surface area contributed by atoms with E-state index in [-0.39, 0.29) is 0 Å². The molecule has 0 aromatic carbocycles. The molecule has 2 heterocycles. The fourth-order valence-electron chi connectivity index (χ4n) is 1.08. The van der Waals surface area contributed by atoms with Crippen LogP contribution in [0, 0.1) is 5.82 Å². The van der Waals surface area contributed by atoms with Gasteiger partial charge in [-0.2, -0.15) is 5.10 Å². The maximum absolute atomic E-state index is 12.8. The van der Waals surface area contributed by atoms with Crippen LogP contribution in [0.25, 0.3) is 11.3 Å². The number of hydrogen-bond acceptors (Lipinski definition) is 3. The second-order valence-corrected chi connectivity index (χ2v) is 2.59. The van der Waals surface area contributed by atoms with E-state index in [0.717, 1.165) is 6.20 Å². The third-order valence-corrected chi connectivity index (χ3v) is 1.66. The van der Waals surface area contributed by atoms with E-state index < -0.39 is 5.82 Å². The summed E-state index contributed by atoms with van der Waals surface area (Å²) in [7, 11) is 0. The van der Waals surface area contributed by atoms with Crippen LogP contribution >= 0.6 is 0 Å². The quantitative estimate of drug-likeness (QED) is 0.689. The van der Waals surface area contributed by atoms with Crippen molar-refractivity contribution in [2.45, 2.75) is 0 Å². The van der Waals surface area contributed by atoms with Gasteiger partial charge >= 0.3 is 0 Å². The van der Waals surface area contributed by atoms with Crippen LogP contribution in [-0.4, -0.2) is 15.2 Å². The molecule has 2 aromatic heterocycles. The van der Waals surface area contributed by atoms with Crippen LogP contribution in [0.1, 0.15) is 0 Å². The summed E-state index contributed by atoms with van der Waals surface area (Å²) in [5.41, 5.74) is 7.24. The first-order valence-corrected chi connectivity index (χ1v) is 3.67. The van der Waals surface area contributed by atoms with Crippen LogP contribution < -0.4 is 5.73 Å². The number of halogens is 1. The molecular formula is C8H7FN4. The predicted octanol–water partition coefficient (Wildman–Crippen LogP) is 1.19. The summed E-state index contributed by atoms with van der Waals surface area (Å²) in [6.07, 6.45) is 4.13. The molecule has 0 aliphatic rings. The van der Waals surface area contributed by atoms with Crippen molar-refractivity contribution in [3.05, 3.63) is 30.5 Å². The molecular weight excluding hydrogens is 171 g/mol. The van der Waals surface area contributed by atoms with Crippen molar-refractivity contribution in [3.63, 3.8) is 0 Å². The van der Waals surface area contributed by atoms with Crippen LogP contribution in [0.4, 0.5) is 10.1 Å². The topological polar surface area (TPSA) is 67.6 Å². The fourth-order valence-corrected chi connectivity index (χ4v) is 1.08. The van der Waals surface area contributed by atoms with Crippen molar-refractivity contribution >= 4 is 5.69 Å². The first-order chi connectivity index (χ1) is 6.27. The number of nitrogens with zero attached hydrogens (tertiary/aromatic N) is 2. The molecule has 0 aliphatic heterocycles. The van der Waals surface area contributed by atoms with E-state index in [1.165, 1.54) is 18.5 Å². The molecule has 0 amide bonds. The number of aromatic amines is 1. The monoisotopic (exact) mass is 178 g/mol. The Balaban J connectivity index is 2.53. The maximum Gasteiger partial charge on any atom is 0.142 e. The number of rotatable bonds is 1. The number of aromatic nitrogens is 3. The second kappa shape index (κ2) is 2.85. The molecule has 13 heavy (non-hydrogen) atoms. The Morgan fingerprint density at radius 2 is 2.15 bits per heavy atom. The Kier molecular flexibility index (Phi) is 1.70. The Labute approximate surface area is 73.6 Å². The summed E-state index contributed by atoms with van der Waals surface area (Å²) < 4.78 is 12.8. The lowest BCUT2D eigenvalue weighted by molar-refractivity contribution is 0.622. The van der Waals surface area contributed by atoms with Crippen LogP contribution in [0.3, 0.4) is 0 Å².